The number of carboxylic acid groups (broad SMARTS) is 1. The van der Waals surface area contributed by atoms with Gasteiger partial charge in [0, 0.05) is 18.9 Å². The molecule has 1 saturated carbocycles. The molecule has 2 aliphatic carbocycles. The van der Waals surface area contributed by atoms with Gasteiger partial charge in [0.1, 0.15) is 6.61 Å². The predicted molar refractivity (Wildman–Crippen MR) is 130 cm³/mol. The first kappa shape index (κ1) is 24.7. The zero-order valence-electron chi connectivity index (χ0n) is 19.8. The Kier molecular flexibility index (Phi) is 7.40. The highest BCUT2D eigenvalue weighted by atomic mass is 16.5. The van der Waals surface area contributed by atoms with Gasteiger partial charge in [0.15, 0.2) is 5.54 Å². The van der Waals surface area contributed by atoms with Crippen LogP contribution in [0.3, 0.4) is 0 Å². The van der Waals surface area contributed by atoms with E-state index in [9.17, 15) is 24.6 Å². The minimum absolute atomic E-state index is 0.0120. The van der Waals surface area contributed by atoms with Crippen LogP contribution >= 0.6 is 0 Å². The number of hydrogen-bond donors (Lipinski definition) is 4. The smallest absolute Gasteiger partial charge is 0.407 e. The van der Waals surface area contributed by atoms with E-state index >= 15 is 0 Å². The Morgan fingerprint density at radius 2 is 1.60 bits per heavy atom. The van der Waals surface area contributed by atoms with Crippen molar-refractivity contribution in [2.45, 2.75) is 44.1 Å². The Morgan fingerprint density at radius 3 is 2.20 bits per heavy atom. The molecule has 3 atom stereocenters. The molecule has 4 N–H and O–H groups in total. The van der Waals surface area contributed by atoms with Crippen molar-refractivity contribution in [2.75, 3.05) is 19.8 Å². The van der Waals surface area contributed by atoms with E-state index in [1.807, 2.05) is 24.3 Å². The first-order valence-electron chi connectivity index (χ1n) is 12.0. The Balaban J connectivity index is 1.22. The number of carbonyl (C=O) groups excluding carboxylic acids is 2. The second kappa shape index (κ2) is 10.5. The third-order valence-electron chi connectivity index (χ3n) is 7.21. The van der Waals surface area contributed by atoms with E-state index in [-0.39, 0.29) is 36.7 Å². The molecular weight excluding hydrogens is 448 g/mol. The zero-order chi connectivity index (χ0) is 25.0. The van der Waals surface area contributed by atoms with Gasteiger partial charge in [-0.25, -0.2) is 9.59 Å². The van der Waals surface area contributed by atoms with Crippen molar-refractivity contribution in [2.24, 2.45) is 11.8 Å². The van der Waals surface area contributed by atoms with Crippen LogP contribution < -0.4 is 10.6 Å². The van der Waals surface area contributed by atoms with Gasteiger partial charge >= 0.3 is 12.1 Å². The molecular formula is C27H32N2O6. The van der Waals surface area contributed by atoms with Crippen molar-refractivity contribution in [3.05, 3.63) is 59.7 Å². The van der Waals surface area contributed by atoms with E-state index in [1.54, 1.807) is 0 Å². The van der Waals surface area contributed by atoms with Crippen molar-refractivity contribution in [1.82, 2.24) is 10.6 Å². The minimum Gasteiger partial charge on any atom is -0.479 e. The molecule has 3 unspecified atom stereocenters. The van der Waals surface area contributed by atoms with E-state index in [4.69, 9.17) is 4.74 Å². The molecule has 35 heavy (non-hydrogen) atoms. The van der Waals surface area contributed by atoms with E-state index < -0.39 is 24.2 Å². The number of fused-ring (bicyclic) bond motifs is 3. The Bertz CT molecular complexity index is 1060. The van der Waals surface area contributed by atoms with E-state index in [1.165, 1.54) is 29.2 Å². The van der Waals surface area contributed by atoms with Crippen LogP contribution in [0.4, 0.5) is 4.79 Å². The monoisotopic (exact) mass is 480 g/mol. The first-order valence-corrected chi connectivity index (χ1v) is 12.0. The molecule has 0 radical (unpaired) electrons. The maximum atomic E-state index is 12.4. The van der Waals surface area contributed by atoms with E-state index in [2.05, 4.69) is 34.9 Å². The zero-order valence-corrected chi connectivity index (χ0v) is 19.8. The van der Waals surface area contributed by atoms with E-state index in [0.717, 1.165) is 19.3 Å². The summed E-state index contributed by atoms with van der Waals surface area (Å²) >= 11 is 0. The van der Waals surface area contributed by atoms with Crippen LogP contribution in [0, 0.1) is 11.8 Å². The number of benzene rings is 2. The molecule has 0 saturated heterocycles. The number of aliphatic hydroxyl groups is 1. The molecule has 186 valence electrons. The molecule has 0 aliphatic heterocycles. The molecule has 1 fully saturated rings. The van der Waals surface area contributed by atoms with Crippen molar-refractivity contribution in [3.8, 4) is 11.1 Å². The molecule has 8 nitrogen and oxygen atoms in total. The summed E-state index contributed by atoms with van der Waals surface area (Å²) in [6.07, 6.45) is 2.21. The molecule has 8 heteroatoms. The van der Waals surface area contributed by atoms with Gasteiger partial charge in [0.2, 0.25) is 5.91 Å². The summed E-state index contributed by atoms with van der Waals surface area (Å²) < 4.78 is 5.59. The number of carbonyl (C=O) groups is 3. The molecule has 2 amide bonds. The summed E-state index contributed by atoms with van der Waals surface area (Å²) in [5.74, 6) is -1.31. The third kappa shape index (κ3) is 5.48. The lowest BCUT2D eigenvalue weighted by molar-refractivity contribution is -0.148. The summed E-state index contributed by atoms with van der Waals surface area (Å²) in [6.45, 7) is 1.34. The Hall–Kier alpha value is -3.39. The molecule has 2 aliphatic rings. The van der Waals surface area contributed by atoms with Crippen LogP contribution in [-0.2, 0) is 14.3 Å². The lowest BCUT2D eigenvalue weighted by Crippen LogP contribution is -2.55. The lowest BCUT2D eigenvalue weighted by Gasteiger charge is -2.24. The van der Waals surface area contributed by atoms with Crippen molar-refractivity contribution in [1.29, 1.82) is 0 Å². The SMILES string of the molecule is CC(CO)(NC(=O)CC1CCC(CNC(=O)OCC2c3ccccc3-c3ccccc32)C1)C(=O)O. The fourth-order valence-corrected chi connectivity index (χ4v) is 5.21. The number of nitrogens with one attached hydrogen (secondary N) is 2. The van der Waals surface area contributed by atoms with Crippen molar-refractivity contribution < 1.29 is 29.3 Å². The normalized spacial score (nSPS) is 20.4. The summed E-state index contributed by atoms with van der Waals surface area (Å²) in [4.78, 5) is 35.9. The molecule has 0 aromatic heterocycles. The summed E-state index contributed by atoms with van der Waals surface area (Å²) in [5, 5.41) is 23.8. The molecule has 2 aromatic carbocycles. The first-order chi connectivity index (χ1) is 16.8. The van der Waals surface area contributed by atoms with Crippen LogP contribution in [0.5, 0.6) is 0 Å². The van der Waals surface area contributed by atoms with Gasteiger partial charge in [-0.3, -0.25) is 4.79 Å². The van der Waals surface area contributed by atoms with Crippen molar-refractivity contribution in [3.63, 3.8) is 0 Å². The molecule has 4 rings (SSSR count). The third-order valence-corrected chi connectivity index (χ3v) is 7.21. The number of aliphatic carboxylic acids is 1. The maximum Gasteiger partial charge on any atom is 0.407 e. The van der Waals surface area contributed by atoms with Gasteiger partial charge in [0.05, 0.1) is 6.61 Å². The summed E-state index contributed by atoms with van der Waals surface area (Å²) in [5.41, 5.74) is 3.01. The highest BCUT2D eigenvalue weighted by Crippen LogP contribution is 2.44. The molecule has 2 aromatic rings. The van der Waals surface area contributed by atoms with Crippen LogP contribution in [-0.4, -0.2) is 53.5 Å². The standard InChI is InChI=1S/C27H32N2O6/c1-27(16-30,25(32)33)29-24(31)13-17-10-11-18(12-17)14-28-26(34)35-15-23-21-8-4-2-6-19(21)20-7-3-5-9-22(20)23/h2-9,17-18,23,30H,10-16H2,1H3,(H,28,34)(H,29,31)(H,32,33). The second-order valence-corrected chi connectivity index (χ2v) is 9.80. The fraction of sp³-hybridized carbons (Fsp3) is 0.444. The lowest BCUT2D eigenvalue weighted by atomic mass is 9.98. The molecule has 0 bridgehead atoms. The van der Waals surface area contributed by atoms with Gasteiger partial charge in [-0.2, -0.15) is 0 Å². The van der Waals surface area contributed by atoms with Gasteiger partial charge < -0.3 is 25.6 Å². The highest BCUT2D eigenvalue weighted by Gasteiger charge is 2.35. The number of carboxylic acids is 1. The quantitative estimate of drug-likeness (QED) is 0.437. The van der Waals surface area contributed by atoms with E-state index in [0.29, 0.717) is 6.54 Å². The number of rotatable bonds is 9. The van der Waals surface area contributed by atoms with Crippen LogP contribution in [0.25, 0.3) is 11.1 Å². The van der Waals surface area contributed by atoms with Crippen LogP contribution in [0.2, 0.25) is 0 Å². The number of alkyl carbamates (subject to hydrolysis) is 1. The predicted octanol–water partition coefficient (Wildman–Crippen LogP) is 3.28. The average molecular weight is 481 g/mol. The highest BCUT2D eigenvalue weighted by molar-refractivity contribution is 5.86. The van der Waals surface area contributed by atoms with Gasteiger partial charge in [-0.05, 0) is 60.3 Å². The number of amides is 2. The molecule has 0 heterocycles. The summed E-state index contributed by atoms with van der Waals surface area (Å²) in [6, 6.07) is 16.4. The second-order valence-electron chi connectivity index (χ2n) is 9.80. The van der Waals surface area contributed by atoms with Gasteiger partial charge in [-0.15, -0.1) is 0 Å². The van der Waals surface area contributed by atoms with Crippen molar-refractivity contribution >= 4 is 18.0 Å². The largest absolute Gasteiger partial charge is 0.479 e. The number of aliphatic hydroxyl groups excluding tert-OH is 1. The Labute approximate surface area is 204 Å². The fourth-order valence-electron chi connectivity index (χ4n) is 5.21. The minimum atomic E-state index is -1.68. The average Bonchev–Trinajstić information content (AvgIpc) is 3.43. The van der Waals surface area contributed by atoms with Crippen LogP contribution in [0.15, 0.2) is 48.5 Å². The summed E-state index contributed by atoms with van der Waals surface area (Å²) in [7, 11) is 0. The number of ether oxygens (including phenoxy) is 1. The van der Waals surface area contributed by atoms with Gasteiger partial charge in [-0.1, -0.05) is 48.5 Å². The molecule has 0 spiro atoms. The van der Waals surface area contributed by atoms with Gasteiger partial charge in [0.25, 0.3) is 0 Å². The maximum absolute atomic E-state index is 12.4. The van der Waals surface area contributed by atoms with Crippen LogP contribution in [0.1, 0.15) is 49.7 Å². The number of hydrogen-bond acceptors (Lipinski definition) is 5. The Morgan fingerprint density at radius 1 is 1.00 bits per heavy atom. The topological polar surface area (TPSA) is 125 Å².